The zero-order valence-electron chi connectivity index (χ0n) is 32.6. The zero-order chi connectivity index (χ0) is 43.7. The van der Waals surface area contributed by atoms with Crippen LogP contribution in [0.25, 0.3) is 16.9 Å². The van der Waals surface area contributed by atoms with Crippen molar-refractivity contribution >= 4 is 98.8 Å². The minimum atomic E-state index is -2.94. The molecule has 0 radical (unpaired) electrons. The predicted molar refractivity (Wildman–Crippen MR) is 207 cm³/mol. The van der Waals surface area contributed by atoms with Gasteiger partial charge in [0.2, 0.25) is 0 Å². The number of hydrogen-bond acceptors (Lipinski definition) is 8. The molecule has 1 atom stereocenters. The number of nitrogen functional groups attached to an aromatic ring is 1. The van der Waals surface area contributed by atoms with Crippen LogP contribution < -0.4 is 11.3 Å². The van der Waals surface area contributed by atoms with Gasteiger partial charge in [-0.05, 0) is 93.4 Å². The second kappa shape index (κ2) is 19.6. The number of ketones is 2. The number of esters is 1. The molecule has 0 amide bonds. The van der Waals surface area contributed by atoms with Crippen LogP contribution in [0.3, 0.4) is 0 Å². The molecule has 4 aromatic carbocycles. The van der Waals surface area contributed by atoms with Crippen LogP contribution in [0.1, 0.15) is 48.4 Å². The molecule has 0 fully saturated rings. The summed E-state index contributed by atoms with van der Waals surface area (Å²) in [5.41, 5.74) is 2.94. The molecule has 10 nitrogen and oxygen atoms in total. The van der Waals surface area contributed by atoms with Gasteiger partial charge in [-0.2, -0.15) is 5.10 Å². The maximum Gasteiger partial charge on any atom is 0.375 e. The van der Waals surface area contributed by atoms with Crippen molar-refractivity contribution in [2.45, 2.75) is 20.6 Å². The Morgan fingerprint density at radius 3 is 1.90 bits per heavy atom. The lowest BCUT2D eigenvalue weighted by Gasteiger charge is -2.11. The van der Waals surface area contributed by atoms with Crippen molar-refractivity contribution in [3.05, 3.63) is 132 Å². The number of rotatable bonds is 9. The average Bonchev–Trinajstić information content (AvgIpc) is 3.54. The van der Waals surface area contributed by atoms with Gasteiger partial charge in [-0.15, -0.1) is 0 Å². The summed E-state index contributed by atoms with van der Waals surface area (Å²) in [6, 6.07) is 21.3. The summed E-state index contributed by atoms with van der Waals surface area (Å²) >= 11 is 35.1. The molecular weight excluding hydrogens is 797 g/mol. The Hall–Kier alpha value is -4.13. The minimum absolute atomic E-state index is 0.0156. The Kier molecular flexibility index (Phi) is 12.7. The average molecular weight is 833 g/mol. The van der Waals surface area contributed by atoms with Crippen LogP contribution in [0.15, 0.2) is 84.9 Å². The Bertz CT molecular complexity index is 2290. The molecule has 16 heteroatoms. The second-order valence-corrected chi connectivity index (χ2v) is 12.6. The molecule has 0 aliphatic carbocycles. The van der Waals surface area contributed by atoms with Gasteiger partial charge in [0.05, 0.1) is 39.6 Å². The zero-order valence-corrected chi connectivity index (χ0v) is 31.1. The fourth-order valence-corrected chi connectivity index (χ4v) is 5.30. The van der Waals surface area contributed by atoms with E-state index in [9.17, 15) is 24.3 Å². The number of ether oxygens (including phenoxy) is 1. The van der Waals surface area contributed by atoms with Crippen molar-refractivity contribution in [2.75, 3.05) is 12.0 Å². The Morgan fingerprint density at radius 2 is 1.40 bits per heavy atom. The van der Waals surface area contributed by atoms with E-state index in [-0.39, 0.29) is 28.5 Å². The number of halogens is 6. The van der Waals surface area contributed by atoms with E-state index in [0.717, 1.165) is 0 Å². The van der Waals surface area contributed by atoms with Gasteiger partial charge >= 0.3 is 11.9 Å². The highest BCUT2D eigenvalue weighted by atomic mass is 35.5. The van der Waals surface area contributed by atoms with E-state index in [1.54, 1.807) is 48.5 Å². The van der Waals surface area contributed by atoms with Gasteiger partial charge in [0, 0.05) is 45.0 Å². The Balaban J connectivity index is 0.000000257. The van der Waals surface area contributed by atoms with Gasteiger partial charge in [0.15, 0.2) is 11.5 Å². The number of nitrogens with one attached hydrogen (secondary N) is 1. The number of aromatic nitrogens is 2. The van der Waals surface area contributed by atoms with Crippen LogP contribution >= 0.6 is 69.6 Å². The molecule has 4 N–H and O–H groups in total. The van der Waals surface area contributed by atoms with Gasteiger partial charge in [0.25, 0.3) is 5.78 Å². The number of carbonyl (C=O) groups is 4. The normalized spacial score (nSPS) is 13.1. The van der Waals surface area contributed by atoms with Crippen LogP contribution in [-0.2, 0) is 14.3 Å². The third-order valence-electron chi connectivity index (χ3n) is 6.56. The van der Waals surface area contributed by atoms with E-state index in [2.05, 4.69) is 15.3 Å². The fraction of sp³-hybridized carbons (Fsp3) is 0.139. The lowest BCUT2D eigenvalue weighted by molar-refractivity contribution is -0.154. The quantitative estimate of drug-likeness (QED) is 0.0329. The summed E-state index contributed by atoms with van der Waals surface area (Å²) in [7, 11) is 0. The maximum absolute atomic E-state index is 12.2. The molecule has 1 unspecified atom stereocenters. The van der Waals surface area contributed by atoms with Crippen molar-refractivity contribution in [1.82, 2.24) is 9.78 Å². The smallest absolute Gasteiger partial charge is 0.375 e. The van der Waals surface area contributed by atoms with Crippen LogP contribution in [-0.4, -0.2) is 45.0 Å². The number of hydrazine groups is 1. The first-order valence-corrected chi connectivity index (χ1v) is 16.8. The molecule has 0 aliphatic rings. The minimum Gasteiger partial charge on any atom is -0.476 e. The van der Waals surface area contributed by atoms with Crippen molar-refractivity contribution in [3.8, 4) is 16.9 Å². The lowest BCUT2D eigenvalue weighted by Crippen LogP contribution is -2.29. The van der Waals surface area contributed by atoms with E-state index in [0.29, 0.717) is 42.1 Å². The van der Waals surface area contributed by atoms with Crippen LogP contribution in [0.4, 0.5) is 5.69 Å². The van der Waals surface area contributed by atoms with E-state index in [1.807, 2.05) is 0 Å². The molecular formula is C36H30Cl6N4O6. The molecule has 5 aromatic rings. The number of carboxylic acid groups (broad SMARTS) is 1. The Labute approximate surface area is 337 Å². The summed E-state index contributed by atoms with van der Waals surface area (Å²) in [6.07, 6.45) is 0. The summed E-state index contributed by atoms with van der Waals surface area (Å²) < 4.78 is 51.2. The number of nitrogens with zero attached hydrogens (tertiary/aromatic N) is 2. The number of Topliss-reactive ketones (excluding diaryl/α,β-unsaturated/α-hetero) is 2. The molecule has 1 heterocycles. The number of nitrogens with two attached hydrogens (primary N) is 1. The Morgan fingerprint density at radius 1 is 0.846 bits per heavy atom. The number of hydrogen-bond donors (Lipinski definition) is 3. The van der Waals surface area contributed by atoms with Crippen LogP contribution in [0.5, 0.6) is 0 Å². The molecule has 272 valence electrons. The number of benzene rings is 4. The summed E-state index contributed by atoms with van der Waals surface area (Å²) in [5, 5.41) is 16.0. The molecule has 52 heavy (non-hydrogen) atoms. The van der Waals surface area contributed by atoms with E-state index in [1.165, 1.54) is 48.0 Å². The number of anilines is 1. The van der Waals surface area contributed by atoms with E-state index in [4.69, 9.17) is 83.7 Å². The molecule has 5 rings (SSSR count). The van der Waals surface area contributed by atoms with Gasteiger partial charge in [0.1, 0.15) is 0 Å². The van der Waals surface area contributed by atoms with Gasteiger partial charge < -0.3 is 15.3 Å². The number of carboxylic acids is 1. The summed E-state index contributed by atoms with van der Waals surface area (Å²) in [6.45, 7) is -4.29. The third kappa shape index (κ3) is 11.2. The van der Waals surface area contributed by atoms with Crippen molar-refractivity contribution < 1.29 is 37.2 Å². The van der Waals surface area contributed by atoms with Gasteiger partial charge in [-0.25, -0.2) is 14.3 Å². The number of aromatic carboxylic acids is 1. The highest BCUT2D eigenvalue weighted by molar-refractivity contribution is 6.39. The summed E-state index contributed by atoms with van der Waals surface area (Å²) in [5.74, 6) is -2.10. The molecule has 0 spiro atoms. The second-order valence-electron chi connectivity index (χ2n) is 10.0. The summed E-state index contributed by atoms with van der Waals surface area (Å²) in [4.78, 5) is 47.2. The highest BCUT2D eigenvalue weighted by Gasteiger charge is 2.29. The highest BCUT2D eigenvalue weighted by Crippen LogP contribution is 2.33. The van der Waals surface area contributed by atoms with Gasteiger partial charge in [-0.1, -0.05) is 81.7 Å². The van der Waals surface area contributed by atoms with Crippen molar-refractivity contribution in [3.63, 3.8) is 0 Å². The maximum atomic E-state index is 12.2. The molecule has 0 bridgehead atoms. The van der Waals surface area contributed by atoms with Crippen molar-refractivity contribution in [2.24, 2.45) is 11.8 Å². The largest absolute Gasteiger partial charge is 0.476 e. The lowest BCUT2D eigenvalue weighted by atomic mass is 9.95. The first-order chi connectivity index (χ1) is 27.0. The SMILES string of the molecule is NNc1ccc(Cl)cc1Cl.[2H]C([2H])([2H])C(C(=O)C(=O)OCC)C(=O)c1ccc(Cl)cc1.[2H]C([2H])([2H])c1c(C(=O)O)nn(-c2ccc(Cl)cc2Cl)c1-c1ccc(Cl)cc1. The number of carbonyl (C=O) groups excluding carboxylic acids is 3. The van der Waals surface area contributed by atoms with Crippen molar-refractivity contribution in [1.29, 1.82) is 0 Å². The standard InChI is InChI=1S/C17H11Cl3N2O2.C13H13ClO4.C6H6Cl2N2/c1-9-15(17(23)24)21-22(14-7-6-12(19)8-13(14)20)16(9)10-2-4-11(18)5-3-10;1-3-18-13(17)12(16)8(2)11(15)9-4-6-10(14)7-5-9;7-4-1-2-6(10-9)5(8)3-4/h2-8H,1H3,(H,23,24);4-8H,3H2,1-2H3;1-3,10H,9H2/i1D3;2D3;. The third-order valence-corrected chi connectivity index (χ3v) is 8.15. The first kappa shape index (κ1) is 33.7. The molecule has 0 aliphatic heterocycles. The fourth-order valence-electron chi connectivity index (χ4n) is 4.10. The molecule has 0 saturated heterocycles. The predicted octanol–water partition coefficient (Wildman–Crippen LogP) is 10.1. The first-order valence-electron chi connectivity index (χ1n) is 17.5. The molecule has 0 saturated carbocycles. The van der Waals surface area contributed by atoms with Crippen LogP contribution in [0.2, 0.25) is 30.1 Å². The van der Waals surface area contributed by atoms with E-state index >= 15 is 0 Å². The van der Waals surface area contributed by atoms with E-state index < -0.39 is 48.8 Å². The monoisotopic (exact) mass is 830 g/mol. The topological polar surface area (TPSA) is 154 Å². The van der Waals surface area contributed by atoms with Gasteiger partial charge in [-0.3, -0.25) is 15.4 Å². The van der Waals surface area contributed by atoms with Crippen LogP contribution in [0, 0.1) is 12.8 Å². The molecule has 1 aromatic heterocycles.